The third-order valence-electron chi connectivity index (χ3n) is 5.78. The molecule has 1 unspecified atom stereocenters. The summed E-state index contributed by atoms with van der Waals surface area (Å²) in [5.41, 5.74) is -1.16. The predicted molar refractivity (Wildman–Crippen MR) is 144 cm³/mol. The number of alkyl halides is 2. The average Bonchev–Trinajstić information content (AvgIpc) is 2.95. The van der Waals surface area contributed by atoms with E-state index < -0.39 is 42.0 Å². The van der Waals surface area contributed by atoms with Gasteiger partial charge in [0.25, 0.3) is 23.3 Å². The highest BCUT2D eigenvalue weighted by molar-refractivity contribution is 6.34. The molecule has 0 bridgehead atoms. The number of hydrogen-bond acceptors (Lipinski definition) is 7. The predicted octanol–water partition coefficient (Wildman–Crippen LogP) is 3.61. The van der Waals surface area contributed by atoms with Gasteiger partial charge in [0.2, 0.25) is 0 Å². The van der Waals surface area contributed by atoms with Gasteiger partial charge in [-0.3, -0.25) is 14.4 Å². The molecule has 1 atom stereocenters. The first kappa shape index (κ1) is 28.9. The topological polar surface area (TPSA) is 175 Å². The molecular formula is C26H21ClF2N6O6. The van der Waals surface area contributed by atoms with Crippen molar-refractivity contribution >= 4 is 46.2 Å². The second kappa shape index (κ2) is 12.0. The molecule has 4 aromatic rings. The molecule has 3 amide bonds. The Kier molecular flexibility index (Phi) is 8.42. The van der Waals surface area contributed by atoms with Crippen molar-refractivity contribution in [3.05, 3.63) is 92.9 Å². The molecule has 0 fully saturated rings. The van der Waals surface area contributed by atoms with Gasteiger partial charge in [-0.25, -0.2) is 18.6 Å². The molecule has 0 aliphatic carbocycles. The van der Waals surface area contributed by atoms with Crippen molar-refractivity contribution in [1.29, 1.82) is 0 Å². The van der Waals surface area contributed by atoms with E-state index in [9.17, 15) is 19.2 Å². The lowest BCUT2D eigenvalue weighted by atomic mass is 9.99. The number of anilines is 1. The van der Waals surface area contributed by atoms with E-state index in [2.05, 4.69) is 25.6 Å². The molecule has 0 saturated carbocycles. The number of rotatable bonds is 9. The van der Waals surface area contributed by atoms with Crippen LogP contribution in [0.2, 0.25) is 5.02 Å². The lowest BCUT2D eigenvalue weighted by molar-refractivity contribution is -0.0337. The summed E-state index contributed by atoms with van der Waals surface area (Å²) in [4.78, 5) is 59.7. The first-order valence-electron chi connectivity index (χ1n) is 11.7. The number of methoxy groups -OCH3 is 1. The summed E-state index contributed by atoms with van der Waals surface area (Å²) in [5, 5.41) is 15.4. The quantitative estimate of drug-likeness (QED) is 0.198. The number of amides is 3. The second-order valence-corrected chi connectivity index (χ2v) is 8.97. The van der Waals surface area contributed by atoms with Crippen molar-refractivity contribution in [2.24, 2.45) is 0 Å². The largest absolute Gasteiger partial charge is 0.467 e. The van der Waals surface area contributed by atoms with E-state index in [0.29, 0.717) is 5.39 Å². The maximum Gasteiger partial charge on any atom is 0.404 e. The van der Waals surface area contributed by atoms with Crippen LogP contribution in [0, 0.1) is 0 Å². The number of benzene rings is 2. The highest BCUT2D eigenvalue weighted by atomic mass is 35.5. The van der Waals surface area contributed by atoms with E-state index in [0.717, 1.165) is 6.07 Å². The Morgan fingerprint density at radius 2 is 1.85 bits per heavy atom. The Hall–Kier alpha value is -5.11. The van der Waals surface area contributed by atoms with Crippen molar-refractivity contribution < 1.29 is 33.0 Å². The summed E-state index contributed by atoms with van der Waals surface area (Å²) < 4.78 is 35.0. The number of fused-ring (bicyclic) bond motifs is 1. The first-order chi connectivity index (χ1) is 19.5. The number of carbonyl (C=O) groups excluding carboxylic acids is 2. The van der Waals surface area contributed by atoms with Gasteiger partial charge in [-0.05, 0) is 29.8 Å². The van der Waals surface area contributed by atoms with Gasteiger partial charge in [-0.15, -0.1) is 0 Å². The number of pyridine rings is 1. The minimum atomic E-state index is -3.72. The number of ether oxygens (including phenoxy) is 1. The smallest absolute Gasteiger partial charge is 0.404 e. The van der Waals surface area contributed by atoms with Crippen LogP contribution in [0.3, 0.4) is 0 Å². The minimum absolute atomic E-state index is 0.00390. The maximum absolute atomic E-state index is 15.0. The summed E-state index contributed by atoms with van der Waals surface area (Å²) >= 11 is 6.20. The summed E-state index contributed by atoms with van der Waals surface area (Å²) in [6.45, 7) is -1.26. The van der Waals surface area contributed by atoms with Crippen molar-refractivity contribution in [2.45, 2.75) is 12.0 Å². The van der Waals surface area contributed by atoms with Crippen molar-refractivity contribution in [1.82, 2.24) is 25.6 Å². The highest BCUT2D eigenvalue weighted by Gasteiger charge is 2.42. The maximum atomic E-state index is 15.0. The minimum Gasteiger partial charge on any atom is -0.467 e. The van der Waals surface area contributed by atoms with Gasteiger partial charge < -0.3 is 30.8 Å². The van der Waals surface area contributed by atoms with Crippen molar-refractivity contribution in [3.8, 4) is 6.01 Å². The first-order valence-corrected chi connectivity index (χ1v) is 12.1. The summed E-state index contributed by atoms with van der Waals surface area (Å²) in [6.07, 6.45) is -0.310. The number of carbonyl (C=O) groups is 3. The number of nitrogens with zero attached hydrogens (tertiary/aromatic N) is 2. The van der Waals surface area contributed by atoms with E-state index in [4.69, 9.17) is 21.4 Å². The Bertz CT molecular complexity index is 1680. The highest BCUT2D eigenvalue weighted by Crippen LogP contribution is 2.32. The molecule has 2 aromatic carbocycles. The third-order valence-corrected chi connectivity index (χ3v) is 6.11. The molecule has 0 spiro atoms. The molecule has 0 radical (unpaired) electrons. The van der Waals surface area contributed by atoms with Crippen LogP contribution in [0.1, 0.15) is 32.3 Å². The van der Waals surface area contributed by atoms with Gasteiger partial charge >= 0.3 is 12.1 Å². The van der Waals surface area contributed by atoms with E-state index in [1.807, 2.05) is 0 Å². The fraction of sp³-hybridized carbons (Fsp3) is 0.154. The number of hydrogen-bond donors (Lipinski definition) is 5. The van der Waals surface area contributed by atoms with Crippen LogP contribution in [0.15, 0.2) is 65.6 Å². The Morgan fingerprint density at radius 1 is 1.12 bits per heavy atom. The van der Waals surface area contributed by atoms with Crippen LogP contribution in [0.5, 0.6) is 6.01 Å². The van der Waals surface area contributed by atoms with Crippen LogP contribution in [-0.2, 0) is 0 Å². The van der Waals surface area contributed by atoms with Gasteiger partial charge in [0, 0.05) is 17.1 Å². The molecule has 5 N–H and O–H groups in total. The SMILES string of the molecule is COc1ncc2cc(C(=O)Nc3cc(C(=O)NC(c4ccccc4)C(F)(F)CNC(=O)O)ccc3Cl)c(=O)[nH]c2n1. The molecule has 12 nitrogen and oxygen atoms in total. The summed E-state index contributed by atoms with van der Waals surface area (Å²) in [7, 11) is 1.35. The normalized spacial score (nSPS) is 11.9. The lowest BCUT2D eigenvalue weighted by Crippen LogP contribution is -2.47. The van der Waals surface area contributed by atoms with Crippen LogP contribution in [0.4, 0.5) is 19.3 Å². The molecular weight excluding hydrogens is 566 g/mol. The van der Waals surface area contributed by atoms with Crippen molar-refractivity contribution in [2.75, 3.05) is 19.0 Å². The molecule has 0 saturated heterocycles. The fourth-order valence-electron chi connectivity index (χ4n) is 3.78. The number of aromatic amines is 1. The van der Waals surface area contributed by atoms with E-state index >= 15 is 8.78 Å². The molecule has 0 aliphatic rings. The number of H-pyrrole nitrogens is 1. The molecule has 0 aliphatic heterocycles. The van der Waals surface area contributed by atoms with Crippen LogP contribution >= 0.6 is 11.6 Å². The van der Waals surface area contributed by atoms with Gasteiger partial charge in [-0.1, -0.05) is 41.9 Å². The fourth-order valence-corrected chi connectivity index (χ4v) is 3.95. The lowest BCUT2D eigenvalue weighted by Gasteiger charge is -2.28. The van der Waals surface area contributed by atoms with Crippen LogP contribution < -0.4 is 26.2 Å². The van der Waals surface area contributed by atoms with E-state index in [1.54, 1.807) is 11.4 Å². The summed E-state index contributed by atoms with van der Waals surface area (Å²) in [6, 6.07) is 10.3. The number of halogens is 3. The Morgan fingerprint density at radius 3 is 2.54 bits per heavy atom. The third kappa shape index (κ3) is 6.73. The zero-order valence-corrected chi connectivity index (χ0v) is 21.8. The monoisotopic (exact) mass is 586 g/mol. The Labute approximate surface area is 234 Å². The van der Waals surface area contributed by atoms with Crippen LogP contribution in [0.25, 0.3) is 11.0 Å². The van der Waals surface area contributed by atoms with Gasteiger partial charge in [0.05, 0.1) is 24.4 Å². The van der Waals surface area contributed by atoms with Gasteiger partial charge in [0.1, 0.15) is 17.3 Å². The van der Waals surface area contributed by atoms with E-state index in [1.165, 1.54) is 55.8 Å². The molecule has 41 heavy (non-hydrogen) atoms. The number of nitrogens with one attached hydrogen (secondary N) is 4. The molecule has 212 valence electrons. The Balaban J connectivity index is 1.59. The van der Waals surface area contributed by atoms with Crippen molar-refractivity contribution in [3.63, 3.8) is 0 Å². The zero-order chi connectivity index (χ0) is 29.7. The molecule has 15 heteroatoms. The molecule has 2 heterocycles. The van der Waals surface area contributed by atoms with Gasteiger partial charge in [0.15, 0.2) is 0 Å². The van der Waals surface area contributed by atoms with E-state index in [-0.39, 0.29) is 39.1 Å². The van der Waals surface area contributed by atoms with Gasteiger partial charge in [-0.2, -0.15) is 4.98 Å². The number of aromatic nitrogens is 3. The number of carboxylic acid groups (broad SMARTS) is 1. The standard InChI is InChI=1S/C26H21ClF2N6O6/c1-41-24-30-11-15-9-16(23(38)34-20(15)35-24)22(37)32-18-10-14(7-8-17(18)27)21(36)33-19(13-5-3-2-4-6-13)26(28,29)12-31-25(39)40/h2-11,19,31H,12H2,1H3,(H,32,37)(H,33,36)(H,39,40)(H,30,34,35,38). The average molecular weight is 587 g/mol. The van der Waals surface area contributed by atoms with Crippen LogP contribution in [-0.4, -0.2) is 57.5 Å². The summed E-state index contributed by atoms with van der Waals surface area (Å²) in [5.74, 6) is -5.56. The zero-order valence-electron chi connectivity index (χ0n) is 21.1. The molecule has 4 rings (SSSR count). The molecule has 2 aromatic heterocycles. The second-order valence-electron chi connectivity index (χ2n) is 8.56.